The molecule has 11 aromatic rings. The number of hydrogen-bond acceptors (Lipinski definition) is 3. The lowest BCUT2D eigenvalue weighted by atomic mass is 9.93. The number of hydrogen-bond donors (Lipinski definition) is 0. The molecule has 11 rings (SSSR count). The van der Waals surface area contributed by atoms with Gasteiger partial charge in [0.25, 0.3) is 0 Å². The van der Waals surface area contributed by atoms with Gasteiger partial charge >= 0.3 is 0 Å². The molecule has 0 radical (unpaired) electrons. The first-order valence-electron chi connectivity index (χ1n) is 19.7. The smallest absolute Gasteiger partial charge is 0.227 e. The molecule has 0 unspecified atom stereocenters. The van der Waals surface area contributed by atoms with Crippen molar-refractivity contribution in [3.63, 3.8) is 0 Å². The average Bonchev–Trinajstić information content (AvgIpc) is 3.75. The van der Waals surface area contributed by atoms with Crippen molar-refractivity contribution in [1.82, 2.24) is 4.98 Å². The Morgan fingerprint density at radius 2 is 0.897 bits per heavy atom. The van der Waals surface area contributed by atoms with Crippen LogP contribution in [-0.2, 0) is 0 Å². The molecule has 1 heterocycles. The summed E-state index contributed by atoms with van der Waals surface area (Å²) in [6, 6.07) is 77.9. The van der Waals surface area contributed by atoms with Gasteiger partial charge in [-0.25, -0.2) is 4.98 Å². The predicted molar refractivity (Wildman–Crippen MR) is 243 cm³/mol. The molecule has 0 aliphatic rings. The molecule has 0 aliphatic heterocycles. The van der Waals surface area contributed by atoms with E-state index in [1.165, 1.54) is 43.8 Å². The van der Waals surface area contributed by atoms with Gasteiger partial charge in [-0.1, -0.05) is 152 Å². The summed E-state index contributed by atoms with van der Waals surface area (Å²) in [4.78, 5) is 7.25. The summed E-state index contributed by atoms with van der Waals surface area (Å²) in [7, 11) is 0. The van der Waals surface area contributed by atoms with Gasteiger partial charge in [0.15, 0.2) is 5.58 Å². The van der Waals surface area contributed by atoms with Crippen LogP contribution in [0.1, 0.15) is 0 Å². The molecule has 10 aromatic carbocycles. The molecule has 0 N–H and O–H groups in total. The fourth-order valence-electron chi connectivity index (χ4n) is 8.39. The summed E-state index contributed by atoms with van der Waals surface area (Å²) in [5.74, 6) is 0.637. The van der Waals surface area contributed by atoms with Gasteiger partial charge in [-0.05, 0) is 127 Å². The standard InChI is InChI=1S/C55H36N2O/c1-3-12-37(13-4-1)41-17-11-18-47(35-41)57(46-30-24-39(25-31-46)52-36-43-16-7-8-19-48(43)50-20-9-10-21-51(50)52)45-28-22-38(23-29-45)42-26-32-49-44(34-42)27-33-53-54(49)56-55(58-53)40-14-5-2-6-15-40/h1-36H. The largest absolute Gasteiger partial charge is 0.436 e. The number of rotatable bonds is 7. The molecular formula is C55H36N2O. The van der Waals surface area contributed by atoms with E-state index in [0.29, 0.717) is 5.89 Å². The second-order valence-corrected chi connectivity index (χ2v) is 14.8. The molecule has 0 atom stereocenters. The quantitative estimate of drug-likeness (QED) is 0.152. The third-order valence-electron chi connectivity index (χ3n) is 11.3. The summed E-state index contributed by atoms with van der Waals surface area (Å²) < 4.78 is 6.16. The fourth-order valence-corrected chi connectivity index (χ4v) is 8.39. The molecule has 0 bridgehead atoms. The van der Waals surface area contributed by atoms with E-state index in [1.54, 1.807) is 0 Å². The van der Waals surface area contributed by atoms with E-state index in [4.69, 9.17) is 9.40 Å². The van der Waals surface area contributed by atoms with Crippen molar-refractivity contribution < 1.29 is 4.42 Å². The van der Waals surface area contributed by atoms with Gasteiger partial charge < -0.3 is 9.32 Å². The summed E-state index contributed by atoms with van der Waals surface area (Å²) in [6.07, 6.45) is 0. The number of aromatic nitrogens is 1. The second kappa shape index (κ2) is 14.1. The van der Waals surface area contributed by atoms with Crippen LogP contribution in [0.5, 0.6) is 0 Å². The highest BCUT2D eigenvalue weighted by Gasteiger charge is 2.17. The highest BCUT2D eigenvalue weighted by molar-refractivity contribution is 6.14. The number of nitrogens with zero attached hydrogens (tertiary/aromatic N) is 2. The average molecular weight is 741 g/mol. The molecule has 3 heteroatoms. The van der Waals surface area contributed by atoms with E-state index >= 15 is 0 Å². The minimum absolute atomic E-state index is 0.637. The molecule has 3 nitrogen and oxygen atoms in total. The van der Waals surface area contributed by atoms with Gasteiger partial charge in [0, 0.05) is 28.0 Å². The van der Waals surface area contributed by atoms with E-state index in [9.17, 15) is 0 Å². The molecule has 0 saturated carbocycles. The first-order chi connectivity index (χ1) is 28.7. The van der Waals surface area contributed by atoms with Crippen molar-refractivity contribution in [2.45, 2.75) is 0 Å². The minimum atomic E-state index is 0.637. The number of oxazole rings is 1. The molecule has 0 fully saturated rings. The van der Waals surface area contributed by atoms with Gasteiger partial charge in [0.05, 0.1) is 0 Å². The zero-order valence-electron chi connectivity index (χ0n) is 31.6. The Labute approximate surface area is 336 Å². The normalized spacial score (nSPS) is 11.4. The van der Waals surface area contributed by atoms with Crippen molar-refractivity contribution in [1.29, 1.82) is 0 Å². The zero-order valence-corrected chi connectivity index (χ0v) is 31.6. The van der Waals surface area contributed by atoms with Crippen molar-refractivity contribution in [3.8, 4) is 44.8 Å². The van der Waals surface area contributed by atoms with Gasteiger partial charge in [0.1, 0.15) is 5.52 Å². The van der Waals surface area contributed by atoms with Crippen molar-refractivity contribution in [2.75, 3.05) is 4.90 Å². The number of benzene rings is 10. The van der Waals surface area contributed by atoms with Crippen molar-refractivity contribution in [3.05, 3.63) is 218 Å². The van der Waals surface area contributed by atoms with Crippen molar-refractivity contribution >= 4 is 60.5 Å². The van der Waals surface area contributed by atoms with Crippen LogP contribution in [-0.4, -0.2) is 4.98 Å². The molecule has 0 spiro atoms. The minimum Gasteiger partial charge on any atom is -0.436 e. The monoisotopic (exact) mass is 740 g/mol. The molecule has 0 saturated heterocycles. The summed E-state index contributed by atoms with van der Waals surface area (Å²) in [5.41, 5.74) is 13.0. The Morgan fingerprint density at radius 3 is 1.66 bits per heavy atom. The van der Waals surface area contributed by atoms with Crippen LogP contribution in [0.2, 0.25) is 0 Å². The van der Waals surface area contributed by atoms with Gasteiger partial charge in [0.2, 0.25) is 5.89 Å². The van der Waals surface area contributed by atoms with Crippen LogP contribution in [0.25, 0.3) is 88.3 Å². The van der Waals surface area contributed by atoms with E-state index in [2.05, 4.69) is 187 Å². The lowest BCUT2D eigenvalue weighted by molar-refractivity contribution is 0.620. The van der Waals surface area contributed by atoms with E-state index in [0.717, 1.165) is 55.6 Å². The van der Waals surface area contributed by atoms with Gasteiger partial charge in [-0.15, -0.1) is 0 Å². The van der Waals surface area contributed by atoms with Crippen LogP contribution in [0.3, 0.4) is 0 Å². The Kier molecular flexibility index (Phi) is 8.15. The lowest BCUT2D eigenvalue weighted by Gasteiger charge is -2.26. The maximum atomic E-state index is 6.16. The Balaban J connectivity index is 0.974. The van der Waals surface area contributed by atoms with E-state index < -0.39 is 0 Å². The van der Waals surface area contributed by atoms with Crippen LogP contribution >= 0.6 is 0 Å². The molecule has 272 valence electrons. The number of fused-ring (bicyclic) bond motifs is 6. The van der Waals surface area contributed by atoms with Gasteiger partial charge in [-0.2, -0.15) is 0 Å². The first kappa shape index (κ1) is 33.6. The topological polar surface area (TPSA) is 29.3 Å². The van der Waals surface area contributed by atoms with E-state index in [-0.39, 0.29) is 0 Å². The third kappa shape index (κ3) is 5.98. The summed E-state index contributed by atoms with van der Waals surface area (Å²) >= 11 is 0. The van der Waals surface area contributed by atoms with Gasteiger partial charge in [-0.3, -0.25) is 0 Å². The highest BCUT2D eigenvalue weighted by atomic mass is 16.3. The maximum absolute atomic E-state index is 6.16. The lowest BCUT2D eigenvalue weighted by Crippen LogP contribution is -2.10. The van der Waals surface area contributed by atoms with Crippen LogP contribution in [0.4, 0.5) is 17.1 Å². The fraction of sp³-hybridized carbons (Fsp3) is 0. The zero-order chi connectivity index (χ0) is 38.4. The summed E-state index contributed by atoms with van der Waals surface area (Å²) in [6.45, 7) is 0. The molecule has 0 amide bonds. The predicted octanol–water partition coefficient (Wildman–Crippen LogP) is 15.4. The van der Waals surface area contributed by atoms with E-state index in [1.807, 2.05) is 36.4 Å². The third-order valence-corrected chi connectivity index (χ3v) is 11.3. The molecule has 0 aliphatic carbocycles. The number of anilines is 3. The SMILES string of the molecule is c1ccc(-c2cccc(N(c3ccc(-c4ccc5c(ccc6oc(-c7ccccc7)nc65)c4)cc3)c3ccc(-c4cc5ccccc5c5ccccc45)cc3)c2)cc1. The Hall–Kier alpha value is -7.75. The Bertz CT molecular complexity index is 3260. The second-order valence-electron chi connectivity index (χ2n) is 14.8. The Morgan fingerprint density at radius 1 is 0.328 bits per heavy atom. The van der Waals surface area contributed by atoms with Crippen molar-refractivity contribution in [2.24, 2.45) is 0 Å². The van der Waals surface area contributed by atoms with Crippen LogP contribution in [0, 0.1) is 0 Å². The molecule has 58 heavy (non-hydrogen) atoms. The van der Waals surface area contributed by atoms with Crippen LogP contribution < -0.4 is 4.90 Å². The first-order valence-corrected chi connectivity index (χ1v) is 19.7. The summed E-state index contributed by atoms with van der Waals surface area (Å²) in [5, 5.41) is 7.26. The molecular weight excluding hydrogens is 705 g/mol. The maximum Gasteiger partial charge on any atom is 0.227 e. The molecule has 1 aromatic heterocycles. The van der Waals surface area contributed by atoms with Crippen LogP contribution in [0.15, 0.2) is 223 Å². The highest BCUT2D eigenvalue weighted by Crippen LogP contribution is 2.41.